The maximum Gasteiger partial charge on any atom is 0.253 e. The molecular formula is C12H11N5OS. The third kappa shape index (κ3) is 2.45. The van der Waals surface area contributed by atoms with Gasteiger partial charge in [0.25, 0.3) is 5.91 Å². The molecule has 0 aromatic carbocycles. The normalized spacial score (nSPS) is 10.8. The Hall–Kier alpha value is -2.28. The molecule has 1 amide bonds. The van der Waals surface area contributed by atoms with Crippen LogP contribution in [0.5, 0.6) is 0 Å². The van der Waals surface area contributed by atoms with Crippen LogP contribution in [0.1, 0.15) is 21.1 Å². The molecule has 0 aliphatic heterocycles. The second-order valence-electron chi connectivity index (χ2n) is 4.00. The van der Waals surface area contributed by atoms with Gasteiger partial charge in [-0.15, -0.1) is 0 Å². The largest absolute Gasteiger partial charge is 0.346 e. The summed E-state index contributed by atoms with van der Waals surface area (Å²) in [5.41, 5.74) is 1.33. The van der Waals surface area contributed by atoms with E-state index in [2.05, 4.69) is 20.4 Å². The second kappa shape index (κ2) is 4.77. The number of aryl methyl sites for hydroxylation is 1. The van der Waals surface area contributed by atoms with Crippen LogP contribution < -0.4 is 5.32 Å². The Labute approximate surface area is 113 Å². The Kier molecular flexibility index (Phi) is 2.96. The Morgan fingerprint density at radius 1 is 1.53 bits per heavy atom. The van der Waals surface area contributed by atoms with E-state index in [1.165, 1.54) is 17.5 Å². The van der Waals surface area contributed by atoms with E-state index in [-0.39, 0.29) is 5.91 Å². The Morgan fingerprint density at radius 3 is 3.16 bits per heavy atom. The number of rotatable bonds is 3. The average molecular weight is 273 g/mol. The Morgan fingerprint density at radius 2 is 2.42 bits per heavy atom. The van der Waals surface area contributed by atoms with Crippen molar-refractivity contribution >= 4 is 22.2 Å². The van der Waals surface area contributed by atoms with Crippen molar-refractivity contribution in [1.82, 2.24) is 24.9 Å². The van der Waals surface area contributed by atoms with Crippen LogP contribution in [-0.2, 0) is 6.54 Å². The zero-order chi connectivity index (χ0) is 13.2. The minimum atomic E-state index is -0.159. The van der Waals surface area contributed by atoms with E-state index in [0.717, 1.165) is 15.7 Å². The summed E-state index contributed by atoms with van der Waals surface area (Å²) in [5, 5.41) is 8.04. The predicted molar refractivity (Wildman–Crippen MR) is 71.0 cm³/mol. The highest BCUT2D eigenvalue weighted by molar-refractivity contribution is 7.16. The molecule has 3 rings (SSSR count). The van der Waals surface area contributed by atoms with Gasteiger partial charge in [0.1, 0.15) is 5.01 Å². The van der Waals surface area contributed by atoms with Gasteiger partial charge in [-0.1, -0.05) is 11.3 Å². The molecule has 3 aromatic heterocycles. The molecule has 0 radical (unpaired) electrons. The summed E-state index contributed by atoms with van der Waals surface area (Å²) < 4.78 is 1.73. The molecule has 0 bridgehead atoms. The highest BCUT2D eigenvalue weighted by atomic mass is 32.1. The molecule has 7 heteroatoms. The first-order valence-corrected chi connectivity index (χ1v) is 6.54. The molecule has 0 aliphatic rings. The molecule has 96 valence electrons. The molecule has 19 heavy (non-hydrogen) atoms. The van der Waals surface area contributed by atoms with Crippen LogP contribution in [0, 0.1) is 6.92 Å². The third-order valence-electron chi connectivity index (χ3n) is 2.55. The molecule has 0 fully saturated rings. The summed E-state index contributed by atoms with van der Waals surface area (Å²) in [7, 11) is 0. The summed E-state index contributed by atoms with van der Waals surface area (Å²) in [6, 6.07) is 3.45. The van der Waals surface area contributed by atoms with Crippen molar-refractivity contribution < 1.29 is 4.79 Å². The highest BCUT2D eigenvalue weighted by Gasteiger charge is 2.08. The summed E-state index contributed by atoms with van der Waals surface area (Å²) in [5.74, 6) is -0.159. The van der Waals surface area contributed by atoms with E-state index in [9.17, 15) is 4.79 Å². The quantitative estimate of drug-likeness (QED) is 0.783. The molecule has 0 saturated carbocycles. The molecule has 0 atom stereocenters. The Balaban J connectivity index is 1.69. The van der Waals surface area contributed by atoms with E-state index in [1.54, 1.807) is 22.8 Å². The number of pyridine rings is 1. The predicted octanol–water partition coefficient (Wildman–Crippen LogP) is 1.42. The molecule has 0 aliphatic carbocycles. The SMILES string of the molecule is Cc1nn2cc(CNC(=O)c3cccnc3)nc2s1. The van der Waals surface area contributed by atoms with Gasteiger partial charge in [-0.05, 0) is 19.1 Å². The highest BCUT2D eigenvalue weighted by Crippen LogP contribution is 2.13. The lowest BCUT2D eigenvalue weighted by Crippen LogP contribution is -2.23. The van der Waals surface area contributed by atoms with Gasteiger partial charge in [-0.2, -0.15) is 5.10 Å². The van der Waals surface area contributed by atoms with Crippen molar-refractivity contribution in [2.75, 3.05) is 0 Å². The first-order valence-electron chi connectivity index (χ1n) is 5.72. The lowest BCUT2D eigenvalue weighted by molar-refractivity contribution is 0.0950. The fraction of sp³-hybridized carbons (Fsp3) is 0.167. The Bertz CT molecular complexity index is 687. The van der Waals surface area contributed by atoms with E-state index in [4.69, 9.17) is 0 Å². The van der Waals surface area contributed by atoms with Crippen LogP contribution >= 0.6 is 11.3 Å². The van der Waals surface area contributed by atoms with Gasteiger partial charge in [0.2, 0.25) is 4.96 Å². The van der Waals surface area contributed by atoms with Gasteiger partial charge in [0, 0.05) is 12.4 Å². The summed E-state index contributed by atoms with van der Waals surface area (Å²) in [6.07, 6.45) is 4.99. The summed E-state index contributed by atoms with van der Waals surface area (Å²) >= 11 is 1.52. The number of fused-ring (bicyclic) bond motifs is 1. The summed E-state index contributed by atoms with van der Waals surface area (Å²) in [4.78, 5) is 21.0. The van der Waals surface area contributed by atoms with Gasteiger partial charge < -0.3 is 5.32 Å². The maximum absolute atomic E-state index is 11.8. The molecule has 0 spiro atoms. The number of aromatic nitrogens is 4. The van der Waals surface area contributed by atoms with E-state index in [0.29, 0.717) is 12.1 Å². The van der Waals surface area contributed by atoms with Crippen molar-refractivity contribution in [3.05, 3.63) is 47.0 Å². The summed E-state index contributed by atoms with van der Waals surface area (Å²) in [6.45, 7) is 2.31. The zero-order valence-corrected chi connectivity index (χ0v) is 11.0. The minimum absolute atomic E-state index is 0.159. The van der Waals surface area contributed by atoms with E-state index in [1.807, 2.05) is 13.1 Å². The molecule has 3 heterocycles. The van der Waals surface area contributed by atoms with Crippen molar-refractivity contribution in [3.63, 3.8) is 0 Å². The smallest absolute Gasteiger partial charge is 0.253 e. The topological polar surface area (TPSA) is 72.2 Å². The van der Waals surface area contributed by atoms with Crippen LogP contribution in [0.2, 0.25) is 0 Å². The average Bonchev–Trinajstić information content (AvgIpc) is 2.93. The van der Waals surface area contributed by atoms with Crippen molar-refractivity contribution in [3.8, 4) is 0 Å². The zero-order valence-electron chi connectivity index (χ0n) is 10.2. The third-order valence-corrected chi connectivity index (χ3v) is 3.39. The maximum atomic E-state index is 11.8. The molecule has 1 N–H and O–H groups in total. The number of amides is 1. The van der Waals surface area contributed by atoms with Crippen LogP contribution in [0.3, 0.4) is 0 Å². The monoisotopic (exact) mass is 273 g/mol. The first-order chi connectivity index (χ1) is 9.22. The van der Waals surface area contributed by atoms with E-state index >= 15 is 0 Å². The van der Waals surface area contributed by atoms with Crippen molar-refractivity contribution in [2.24, 2.45) is 0 Å². The van der Waals surface area contributed by atoms with Gasteiger partial charge in [-0.3, -0.25) is 9.78 Å². The molecule has 0 saturated heterocycles. The number of nitrogens with one attached hydrogen (secondary N) is 1. The van der Waals surface area contributed by atoms with Crippen molar-refractivity contribution in [1.29, 1.82) is 0 Å². The van der Waals surface area contributed by atoms with Crippen molar-refractivity contribution in [2.45, 2.75) is 13.5 Å². The molecular weight excluding hydrogens is 262 g/mol. The number of carbonyl (C=O) groups excluding carboxylic acids is 1. The number of carbonyl (C=O) groups is 1. The molecule has 6 nitrogen and oxygen atoms in total. The second-order valence-corrected chi connectivity index (χ2v) is 5.16. The first kappa shape index (κ1) is 11.8. The van der Waals surface area contributed by atoms with Crippen LogP contribution in [0.25, 0.3) is 4.96 Å². The lowest BCUT2D eigenvalue weighted by Gasteiger charge is -2.01. The van der Waals surface area contributed by atoms with Gasteiger partial charge in [0.15, 0.2) is 0 Å². The fourth-order valence-corrected chi connectivity index (χ4v) is 2.44. The van der Waals surface area contributed by atoms with Crippen LogP contribution in [-0.4, -0.2) is 25.5 Å². The minimum Gasteiger partial charge on any atom is -0.346 e. The number of hydrogen-bond donors (Lipinski definition) is 1. The van der Waals surface area contributed by atoms with Gasteiger partial charge in [-0.25, -0.2) is 9.50 Å². The number of hydrogen-bond acceptors (Lipinski definition) is 5. The van der Waals surface area contributed by atoms with Crippen LogP contribution in [0.15, 0.2) is 30.7 Å². The van der Waals surface area contributed by atoms with Gasteiger partial charge in [0.05, 0.1) is 24.0 Å². The molecule has 0 unspecified atom stereocenters. The number of imidazole rings is 1. The van der Waals surface area contributed by atoms with E-state index < -0.39 is 0 Å². The molecule has 3 aromatic rings. The van der Waals surface area contributed by atoms with Gasteiger partial charge >= 0.3 is 0 Å². The van der Waals surface area contributed by atoms with Crippen LogP contribution in [0.4, 0.5) is 0 Å². The number of nitrogens with zero attached hydrogens (tertiary/aromatic N) is 4. The fourth-order valence-electron chi connectivity index (χ4n) is 1.70. The lowest BCUT2D eigenvalue weighted by atomic mass is 10.2. The standard InChI is InChI=1S/C12H11N5OS/c1-8-16-17-7-10(15-12(17)19-8)6-14-11(18)9-3-2-4-13-5-9/h2-5,7H,6H2,1H3,(H,14,18).